The minimum atomic E-state index is -0.927. The minimum absolute atomic E-state index is 0.0686. The van der Waals surface area contributed by atoms with E-state index in [-0.39, 0.29) is 24.9 Å². The number of aliphatic carboxylic acids is 1. The van der Waals surface area contributed by atoms with Crippen molar-refractivity contribution in [3.05, 3.63) is 30.1 Å². The van der Waals surface area contributed by atoms with E-state index in [2.05, 4.69) is 5.32 Å². The van der Waals surface area contributed by atoms with Gasteiger partial charge >= 0.3 is 5.97 Å². The van der Waals surface area contributed by atoms with E-state index in [1.54, 1.807) is 0 Å². The number of carbonyl (C=O) groups excluding carboxylic acids is 1. The second-order valence-electron chi connectivity index (χ2n) is 5.21. The largest absolute Gasteiger partial charge is 0.484 e. The first-order valence-electron chi connectivity index (χ1n) is 6.76. The molecule has 5 nitrogen and oxygen atoms in total. The van der Waals surface area contributed by atoms with Crippen LogP contribution < -0.4 is 10.1 Å². The van der Waals surface area contributed by atoms with Crippen LogP contribution in [0.1, 0.15) is 20.3 Å². The van der Waals surface area contributed by atoms with Crippen LogP contribution in [0.3, 0.4) is 0 Å². The van der Waals surface area contributed by atoms with Crippen LogP contribution in [-0.2, 0) is 9.59 Å². The van der Waals surface area contributed by atoms with Crippen molar-refractivity contribution >= 4 is 11.9 Å². The van der Waals surface area contributed by atoms with E-state index in [1.807, 2.05) is 13.8 Å². The molecule has 0 bridgehead atoms. The maximum absolute atomic E-state index is 12.7. The Kier molecular flexibility index (Phi) is 6.65. The van der Waals surface area contributed by atoms with E-state index in [0.717, 1.165) is 0 Å². The third-order valence-electron chi connectivity index (χ3n) is 2.83. The van der Waals surface area contributed by atoms with Crippen LogP contribution in [0.15, 0.2) is 24.3 Å². The van der Waals surface area contributed by atoms with Gasteiger partial charge < -0.3 is 15.2 Å². The molecule has 2 N–H and O–H groups in total. The Morgan fingerprint density at radius 3 is 2.43 bits per heavy atom. The predicted octanol–water partition coefficient (Wildman–Crippen LogP) is 2.07. The Hall–Kier alpha value is -2.11. The van der Waals surface area contributed by atoms with Crippen LogP contribution in [0.4, 0.5) is 4.39 Å². The van der Waals surface area contributed by atoms with Crippen molar-refractivity contribution in [2.24, 2.45) is 11.8 Å². The van der Waals surface area contributed by atoms with Gasteiger partial charge in [0.05, 0.1) is 5.92 Å². The number of nitrogens with one attached hydrogen (secondary N) is 1. The highest BCUT2D eigenvalue weighted by molar-refractivity contribution is 5.78. The fourth-order valence-electron chi connectivity index (χ4n) is 1.81. The first kappa shape index (κ1) is 16.9. The van der Waals surface area contributed by atoms with Gasteiger partial charge in [0, 0.05) is 6.54 Å². The van der Waals surface area contributed by atoms with Gasteiger partial charge in [-0.1, -0.05) is 13.8 Å². The van der Waals surface area contributed by atoms with Crippen molar-refractivity contribution in [2.75, 3.05) is 13.2 Å². The molecule has 21 heavy (non-hydrogen) atoms. The van der Waals surface area contributed by atoms with E-state index in [9.17, 15) is 14.0 Å². The summed E-state index contributed by atoms with van der Waals surface area (Å²) in [5, 5.41) is 11.6. The van der Waals surface area contributed by atoms with Crippen molar-refractivity contribution in [1.29, 1.82) is 0 Å². The maximum Gasteiger partial charge on any atom is 0.308 e. The zero-order chi connectivity index (χ0) is 15.8. The molecule has 0 saturated carbocycles. The number of rotatable bonds is 8. The van der Waals surface area contributed by atoms with Crippen molar-refractivity contribution < 1.29 is 23.8 Å². The summed E-state index contributed by atoms with van der Waals surface area (Å²) in [7, 11) is 0. The normalized spacial score (nSPS) is 12.0. The highest BCUT2D eigenvalue weighted by Crippen LogP contribution is 2.12. The number of benzene rings is 1. The van der Waals surface area contributed by atoms with Gasteiger partial charge in [0.15, 0.2) is 6.61 Å². The number of hydrogen-bond donors (Lipinski definition) is 2. The van der Waals surface area contributed by atoms with Crippen LogP contribution >= 0.6 is 0 Å². The molecule has 1 rings (SSSR count). The van der Waals surface area contributed by atoms with Gasteiger partial charge in [-0.2, -0.15) is 0 Å². The van der Waals surface area contributed by atoms with Crippen LogP contribution in [0.2, 0.25) is 0 Å². The van der Waals surface area contributed by atoms with E-state index < -0.39 is 17.8 Å². The molecule has 0 fully saturated rings. The van der Waals surface area contributed by atoms with Gasteiger partial charge in [0.2, 0.25) is 0 Å². The van der Waals surface area contributed by atoms with Crippen molar-refractivity contribution in [1.82, 2.24) is 5.32 Å². The maximum atomic E-state index is 12.7. The summed E-state index contributed by atoms with van der Waals surface area (Å²) in [6.07, 6.45) is 0.494. The molecule has 0 aliphatic carbocycles. The molecule has 116 valence electrons. The number of carboxylic acids is 1. The molecule has 0 spiro atoms. The van der Waals surface area contributed by atoms with Crippen LogP contribution in [-0.4, -0.2) is 30.1 Å². The van der Waals surface area contributed by atoms with E-state index in [1.165, 1.54) is 24.3 Å². The van der Waals surface area contributed by atoms with Crippen molar-refractivity contribution in [2.45, 2.75) is 20.3 Å². The molecule has 1 unspecified atom stereocenters. The number of halogens is 1. The summed E-state index contributed by atoms with van der Waals surface area (Å²) < 4.78 is 17.9. The number of hydrogen-bond acceptors (Lipinski definition) is 3. The molecule has 1 aromatic rings. The molecular formula is C15H20FNO4. The topological polar surface area (TPSA) is 75.6 Å². The first-order chi connectivity index (χ1) is 9.88. The van der Waals surface area contributed by atoms with Gasteiger partial charge in [-0.15, -0.1) is 0 Å². The Balaban J connectivity index is 2.35. The third-order valence-corrected chi connectivity index (χ3v) is 2.83. The molecule has 1 amide bonds. The van der Waals surface area contributed by atoms with E-state index in [4.69, 9.17) is 9.84 Å². The van der Waals surface area contributed by atoms with Crippen LogP contribution in [0, 0.1) is 17.7 Å². The summed E-state index contributed by atoms with van der Waals surface area (Å²) in [6.45, 7) is 3.68. The molecule has 1 aromatic carbocycles. The summed E-state index contributed by atoms with van der Waals surface area (Å²) in [5.41, 5.74) is 0. The lowest BCUT2D eigenvalue weighted by molar-refractivity contribution is -0.142. The quantitative estimate of drug-likeness (QED) is 0.770. The average Bonchev–Trinajstić information content (AvgIpc) is 2.42. The first-order valence-corrected chi connectivity index (χ1v) is 6.76. The highest BCUT2D eigenvalue weighted by atomic mass is 19.1. The summed E-state index contributed by atoms with van der Waals surface area (Å²) in [6, 6.07) is 5.30. The standard InChI is InChI=1S/C15H20FNO4/c1-10(2)7-11(15(19)20)8-17-14(18)9-21-13-5-3-12(16)4-6-13/h3-6,10-11H,7-9H2,1-2H3,(H,17,18)(H,19,20). The Labute approximate surface area is 123 Å². The lowest BCUT2D eigenvalue weighted by Gasteiger charge is -2.15. The van der Waals surface area contributed by atoms with Gasteiger partial charge in [0.25, 0.3) is 5.91 Å². The Morgan fingerprint density at radius 2 is 1.90 bits per heavy atom. The lowest BCUT2D eigenvalue weighted by Crippen LogP contribution is -2.36. The third kappa shape index (κ3) is 6.74. The zero-order valence-electron chi connectivity index (χ0n) is 12.1. The predicted molar refractivity (Wildman–Crippen MR) is 75.5 cm³/mol. The molecule has 0 radical (unpaired) electrons. The van der Waals surface area contributed by atoms with Crippen molar-refractivity contribution in [3.8, 4) is 5.75 Å². The van der Waals surface area contributed by atoms with Crippen LogP contribution in [0.5, 0.6) is 5.75 Å². The summed E-state index contributed by atoms with van der Waals surface area (Å²) in [4.78, 5) is 22.6. The molecule has 0 aromatic heterocycles. The summed E-state index contributed by atoms with van der Waals surface area (Å²) in [5.74, 6) is -1.72. The monoisotopic (exact) mass is 297 g/mol. The minimum Gasteiger partial charge on any atom is -0.484 e. The van der Waals surface area contributed by atoms with Gasteiger partial charge in [0.1, 0.15) is 11.6 Å². The molecule has 0 heterocycles. The Morgan fingerprint density at radius 1 is 1.29 bits per heavy atom. The molecule has 1 atom stereocenters. The number of carbonyl (C=O) groups is 2. The van der Waals surface area contributed by atoms with E-state index in [0.29, 0.717) is 12.2 Å². The number of carboxylic acid groups (broad SMARTS) is 1. The second kappa shape index (κ2) is 8.24. The van der Waals surface area contributed by atoms with Gasteiger partial charge in [-0.25, -0.2) is 4.39 Å². The fraction of sp³-hybridized carbons (Fsp3) is 0.467. The molecular weight excluding hydrogens is 277 g/mol. The zero-order valence-corrected chi connectivity index (χ0v) is 12.1. The van der Waals surface area contributed by atoms with E-state index >= 15 is 0 Å². The lowest BCUT2D eigenvalue weighted by atomic mass is 9.97. The highest BCUT2D eigenvalue weighted by Gasteiger charge is 2.19. The average molecular weight is 297 g/mol. The molecule has 0 saturated heterocycles. The smallest absolute Gasteiger partial charge is 0.308 e. The Bertz CT molecular complexity index is 473. The number of ether oxygens (including phenoxy) is 1. The summed E-state index contributed by atoms with van der Waals surface area (Å²) >= 11 is 0. The van der Waals surface area contributed by atoms with Gasteiger partial charge in [-0.3, -0.25) is 9.59 Å². The van der Waals surface area contributed by atoms with Crippen molar-refractivity contribution in [3.63, 3.8) is 0 Å². The SMILES string of the molecule is CC(C)CC(CNC(=O)COc1ccc(F)cc1)C(=O)O. The number of amides is 1. The fourth-order valence-corrected chi connectivity index (χ4v) is 1.81. The molecule has 0 aliphatic rings. The molecule has 6 heteroatoms. The second-order valence-corrected chi connectivity index (χ2v) is 5.21. The van der Waals surface area contributed by atoms with Crippen LogP contribution in [0.25, 0.3) is 0 Å². The van der Waals surface area contributed by atoms with Gasteiger partial charge in [-0.05, 0) is 36.6 Å². The molecule has 0 aliphatic heterocycles.